The second-order valence-corrected chi connectivity index (χ2v) is 12.2. The number of ether oxygens (including phenoxy) is 4. The highest BCUT2D eigenvalue weighted by atomic mass is 16.5. The summed E-state index contributed by atoms with van der Waals surface area (Å²) >= 11 is 0. The van der Waals surface area contributed by atoms with Crippen LogP contribution in [0.25, 0.3) is 17.2 Å². The summed E-state index contributed by atoms with van der Waals surface area (Å²) < 4.78 is 23.5. The van der Waals surface area contributed by atoms with E-state index >= 15 is 0 Å². The van der Waals surface area contributed by atoms with Gasteiger partial charge in [-0.3, -0.25) is 4.79 Å². The van der Waals surface area contributed by atoms with Crippen LogP contribution in [0.15, 0.2) is 138 Å². The number of aliphatic hydroxyl groups is 1. The van der Waals surface area contributed by atoms with Crippen LogP contribution in [0, 0.1) is 0 Å². The summed E-state index contributed by atoms with van der Waals surface area (Å²) in [5, 5.41) is 12.3. The lowest BCUT2D eigenvalue weighted by molar-refractivity contribution is -0.129. The van der Waals surface area contributed by atoms with E-state index in [4.69, 9.17) is 29.0 Å². The fraction of sp³-hybridized carbons (Fsp3) is 0.209. The van der Waals surface area contributed by atoms with Crippen LogP contribution in [0.3, 0.4) is 0 Å². The summed E-state index contributed by atoms with van der Waals surface area (Å²) in [6, 6.07) is 41.2. The first kappa shape index (κ1) is 35.0. The van der Waals surface area contributed by atoms with Gasteiger partial charge < -0.3 is 29.4 Å². The van der Waals surface area contributed by atoms with Crippen LogP contribution < -0.4 is 19.5 Å². The Labute approximate surface area is 299 Å². The fourth-order valence-corrected chi connectivity index (χ4v) is 6.06. The number of hydrogen-bond acceptors (Lipinski definition) is 7. The van der Waals surface area contributed by atoms with E-state index in [0.717, 1.165) is 27.8 Å². The number of nitrogens with one attached hydrogen (secondary N) is 1. The average molecular weight is 683 g/mol. The Morgan fingerprint density at radius 1 is 0.824 bits per heavy atom. The molecule has 0 fully saturated rings. The van der Waals surface area contributed by atoms with Gasteiger partial charge in [-0.05, 0) is 58.7 Å². The topological polar surface area (TPSA) is 98.6 Å². The molecule has 0 radical (unpaired) electrons. The number of rotatable bonds is 15. The van der Waals surface area contributed by atoms with Gasteiger partial charge in [-0.1, -0.05) is 97.1 Å². The van der Waals surface area contributed by atoms with Crippen LogP contribution in [0.5, 0.6) is 17.2 Å². The van der Waals surface area contributed by atoms with Crippen molar-refractivity contribution in [2.45, 2.75) is 31.0 Å². The first-order valence-electron chi connectivity index (χ1n) is 17.0. The maximum Gasteiger partial charge on any atom is 0.252 e. The molecule has 0 saturated heterocycles. The standard InChI is InChI=1S/C43H42N2O6/c1-48-38-25-22-36(39(29-38)49-2)30-44-42(47)43(26-9-13-31-11-5-3-6-12-31)40(34-18-16-33(17-19-34)32-14-7-4-8-15-32)51-41(45-43)35-20-23-37(24-21-35)50-28-10-27-46/h3-9,11-25,29,40,46H,10,26-28,30H2,1-2H3,(H,44,47)/b13-9+/t40-,43-/m1/s1. The molecule has 8 heteroatoms. The molecule has 51 heavy (non-hydrogen) atoms. The van der Waals surface area contributed by atoms with Crippen molar-refractivity contribution < 1.29 is 28.8 Å². The SMILES string of the molecule is COc1ccc(CNC(=O)[C@]2(C/C=C/c3ccccc3)N=C(c3ccc(OCCCO)cc3)O[C@@H]2c2ccc(-c3ccccc3)cc2)c(OC)c1. The first-order chi connectivity index (χ1) is 25.0. The summed E-state index contributed by atoms with van der Waals surface area (Å²) in [7, 11) is 3.19. The number of benzene rings is 5. The van der Waals surface area contributed by atoms with Crippen molar-refractivity contribution in [3.8, 4) is 28.4 Å². The Morgan fingerprint density at radius 3 is 2.18 bits per heavy atom. The number of carbonyl (C=O) groups is 1. The monoisotopic (exact) mass is 682 g/mol. The fourth-order valence-electron chi connectivity index (χ4n) is 6.06. The van der Waals surface area contributed by atoms with Crippen molar-refractivity contribution in [2.75, 3.05) is 27.4 Å². The van der Waals surface area contributed by atoms with E-state index in [1.54, 1.807) is 20.3 Å². The van der Waals surface area contributed by atoms with Gasteiger partial charge in [-0.25, -0.2) is 4.99 Å². The molecule has 1 heterocycles. The zero-order valence-corrected chi connectivity index (χ0v) is 28.8. The molecule has 1 amide bonds. The third kappa shape index (κ3) is 8.31. The first-order valence-corrected chi connectivity index (χ1v) is 17.0. The lowest BCUT2D eigenvalue weighted by atomic mass is 9.83. The largest absolute Gasteiger partial charge is 0.497 e. The Hall–Kier alpha value is -5.86. The Morgan fingerprint density at radius 2 is 1.49 bits per heavy atom. The van der Waals surface area contributed by atoms with E-state index < -0.39 is 11.6 Å². The second-order valence-electron chi connectivity index (χ2n) is 12.2. The smallest absolute Gasteiger partial charge is 0.252 e. The summed E-state index contributed by atoms with van der Waals surface area (Å²) in [6.07, 6.45) is 4.06. The van der Waals surface area contributed by atoms with Crippen LogP contribution in [-0.4, -0.2) is 49.9 Å². The van der Waals surface area contributed by atoms with Gasteiger partial charge >= 0.3 is 0 Å². The molecule has 0 saturated carbocycles. The number of nitrogens with zero attached hydrogens (tertiary/aromatic N) is 1. The van der Waals surface area contributed by atoms with Gasteiger partial charge in [0.2, 0.25) is 5.90 Å². The normalized spacial score (nSPS) is 16.7. The van der Waals surface area contributed by atoms with Crippen LogP contribution in [-0.2, 0) is 16.1 Å². The van der Waals surface area contributed by atoms with Gasteiger partial charge in [-0.2, -0.15) is 0 Å². The van der Waals surface area contributed by atoms with Crippen molar-refractivity contribution in [3.63, 3.8) is 0 Å². The minimum Gasteiger partial charge on any atom is -0.497 e. The molecular weight excluding hydrogens is 640 g/mol. The lowest BCUT2D eigenvalue weighted by Gasteiger charge is -2.30. The average Bonchev–Trinajstić information content (AvgIpc) is 3.58. The number of carbonyl (C=O) groups excluding carboxylic acids is 1. The zero-order valence-electron chi connectivity index (χ0n) is 28.8. The minimum absolute atomic E-state index is 0.0601. The maximum absolute atomic E-state index is 14.7. The molecule has 5 aromatic rings. The lowest BCUT2D eigenvalue weighted by Crippen LogP contribution is -2.47. The van der Waals surface area contributed by atoms with Gasteiger partial charge in [0, 0.05) is 43.2 Å². The summed E-state index contributed by atoms with van der Waals surface area (Å²) in [5.41, 5.74) is 4.14. The highest BCUT2D eigenvalue weighted by Gasteiger charge is 2.52. The van der Waals surface area contributed by atoms with Crippen molar-refractivity contribution in [1.29, 1.82) is 0 Å². The molecule has 1 aliphatic rings. The third-order valence-electron chi connectivity index (χ3n) is 8.82. The molecule has 2 N–H and O–H groups in total. The highest BCUT2D eigenvalue weighted by Crippen LogP contribution is 2.43. The van der Waals surface area contributed by atoms with Crippen LogP contribution in [0.2, 0.25) is 0 Å². The van der Waals surface area contributed by atoms with Crippen LogP contribution in [0.4, 0.5) is 0 Å². The quantitative estimate of drug-likeness (QED) is 0.109. The summed E-state index contributed by atoms with van der Waals surface area (Å²) in [5.74, 6) is 2.01. The van der Waals surface area contributed by atoms with Gasteiger partial charge in [0.15, 0.2) is 11.6 Å². The molecular formula is C43H42N2O6. The Bertz CT molecular complexity index is 1940. The van der Waals surface area contributed by atoms with E-state index in [0.29, 0.717) is 41.7 Å². The predicted octanol–water partition coefficient (Wildman–Crippen LogP) is 7.81. The molecule has 5 aromatic carbocycles. The number of amides is 1. The maximum atomic E-state index is 14.7. The molecule has 260 valence electrons. The van der Waals surface area contributed by atoms with E-state index in [1.807, 2.05) is 109 Å². The molecule has 0 aliphatic carbocycles. The van der Waals surface area contributed by atoms with Crippen molar-refractivity contribution in [2.24, 2.45) is 4.99 Å². The third-order valence-corrected chi connectivity index (χ3v) is 8.82. The Kier molecular flexibility index (Phi) is 11.5. The van der Waals surface area contributed by atoms with Gasteiger partial charge in [0.25, 0.3) is 5.91 Å². The van der Waals surface area contributed by atoms with Gasteiger partial charge in [0.1, 0.15) is 17.2 Å². The van der Waals surface area contributed by atoms with Gasteiger partial charge in [0.05, 0.1) is 20.8 Å². The van der Waals surface area contributed by atoms with Gasteiger partial charge in [-0.15, -0.1) is 0 Å². The zero-order chi connectivity index (χ0) is 35.5. The number of aliphatic hydroxyl groups excluding tert-OH is 1. The molecule has 2 atom stereocenters. The van der Waals surface area contributed by atoms with Crippen molar-refractivity contribution in [1.82, 2.24) is 5.32 Å². The van der Waals surface area contributed by atoms with Crippen molar-refractivity contribution in [3.05, 3.63) is 156 Å². The second kappa shape index (κ2) is 16.7. The van der Waals surface area contributed by atoms with Crippen LogP contribution in [0.1, 0.15) is 41.2 Å². The Balaban J connectivity index is 1.39. The molecule has 8 nitrogen and oxygen atoms in total. The highest BCUT2D eigenvalue weighted by molar-refractivity contribution is 6.01. The number of methoxy groups -OCH3 is 2. The van der Waals surface area contributed by atoms with E-state index in [-0.39, 0.29) is 25.5 Å². The predicted molar refractivity (Wildman–Crippen MR) is 200 cm³/mol. The summed E-state index contributed by atoms with van der Waals surface area (Å²) in [6.45, 7) is 0.676. The van der Waals surface area contributed by atoms with E-state index in [1.165, 1.54) is 0 Å². The van der Waals surface area contributed by atoms with Crippen LogP contribution >= 0.6 is 0 Å². The molecule has 1 aliphatic heterocycles. The molecule has 0 unspecified atom stereocenters. The molecule has 0 aromatic heterocycles. The molecule has 6 rings (SSSR count). The summed E-state index contributed by atoms with van der Waals surface area (Å²) in [4.78, 5) is 19.9. The number of hydrogen-bond donors (Lipinski definition) is 2. The molecule has 0 spiro atoms. The molecule has 0 bridgehead atoms. The van der Waals surface area contributed by atoms with E-state index in [2.05, 4.69) is 29.6 Å². The number of aliphatic imine (C=N–C) groups is 1. The minimum atomic E-state index is -1.36. The van der Waals surface area contributed by atoms with E-state index in [9.17, 15) is 4.79 Å². The van der Waals surface area contributed by atoms with Crippen molar-refractivity contribution >= 4 is 17.9 Å².